The van der Waals surface area contributed by atoms with E-state index in [4.69, 9.17) is 0 Å². The van der Waals surface area contributed by atoms with Gasteiger partial charge in [-0.15, -0.1) is 0 Å². The minimum atomic E-state index is -3.04. The Hall–Kier alpha value is -0.170. The Kier molecular flexibility index (Phi) is 4.79. The van der Waals surface area contributed by atoms with Crippen molar-refractivity contribution in [1.29, 1.82) is 0 Å². The zero-order valence-electron chi connectivity index (χ0n) is 12.8. The zero-order valence-corrected chi connectivity index (χ0v) is 13.6. The molecule has 2 saturated heterocycles. The number of piperidine rings is 1. The Morgan fingerprint density at radius 2 is 1.80 bits per heavy atom. The predicted molar refractivity (Wildman–Crippen MR) is 80.5 cm³/mol. The van der Waals surface area contributed by atoms with E-state index in [1.807, 2.05) is 0 Å². The molecule has 0 aromatic heterocycles. The molecule has 2 rings (SSSR count). The van der Waals surface area contributed by atoms with E-state index < -0.39 is 15.9 Å². The van der Waals surface area contributed by atoms with Crippen LogP contribution in [0.2, 0.25) is 0 Å². The molecule has 2 atom stereocenters. The lowest BCUT2D eigenvalue weighted by atomic mass is 9.94. The monoisotopic (exact) mass is 304 g/mol. The highest BCUT2D eigenvalue weighted by Crippen LogP contribution is 2.24. The van der Waals surface area contributed by atoms with Crippen LogP contribution in [0.1, 0.15) is 33.6 Å². The molecule has 0 aromatic carbocycles. The standard InChI is InChI=1S/C14H28N2O3S/c1-14(2,3)15-8-11-4-6-16(7-5-11)12-9-20(18,19)10-13(12)17/h11-13,15,17H,4-10H2,1-3H3. The number of nitrogens with one attached hydrogen (secondary N) is 1. The average molecular weight is 304 g/mol. The molecule has 5 nitrogen and oxygen atoms in total. The number of hydrogen-bond donors (Lipinski definition) is 2. The summed E-state index contributed by atoms with van der Waals surface area (Å²) in [4.78, 5) is 2.17. The van der Waals surface area contributed by atoms with E-state index in [1.165, 1.54) is 0 Å². The van der Waals surface area contributed by atoms with E-state index in [0.29, 0.717) is 5.92 Å². The summed E-state index contributed by atoms with van der Waals surface area (Å²) < 4.78 is 23.1. The molecule has 0 aromatic rings. The fourth-order valence-electron chi connectivity index (χ4n) is 3.10. The van der Waals surface area contributed by atoms with Crippen LogP contribution in [0.3, 0.4) is 0 Å². The summed E-state index contributed by atoms with van der Waals surface area (Å²) in [6, 6.07) is -0.184. The van der Waals surface area contributed by atoms with Gasteiger partial charge in [0.2, 0.25) is 0 Å². The minimum absolute atomic E-state index is 0.0663. The van der Waals surface area contributed by atoms with Crippen LogP contribution in [0.5, 0.6) is 0 Å². The Morgan fingerprint density at radius 1 is 1.20 bits per heavy atom. The summed E-state index contributed by atoms with van der Waals surface area (Å²) in [6.07, 6.45) is 1.45. The molecular formula is C14H28N2O3S. The quantitative estimate of drug-likeness (QED) is 0.782. The van der Waals surface area contributed by atoms with Crippen LogP contribution in [0, 0.1) is 5.92 Å². The Balaban J connectivity index is 1.80. The molecule has 2 heterocycles. The second-order valence-electron chi connectivity index (χ2n) is 7.32. The summed E-state index contributed by atoms with van der Waals surface area (Å²) in [5.41, 5.74) is 0.146. The number of likely N-dealkylation sites (tertiary alicyclic amines) is 1. The first kappa shape index (κ1) is 16.2. The third kappa shape index (κ3) is 4.41. The van der Waals surface area contributed by atoms with Crippen molar-refractivity contribution >= 4 is 9.84 Å². The molecule has 2 N–H and O–H groups in total. The minimum Gasteiger partial charge on any atom is -0.390 e. The van der Waals surface area contributed by atoms with E-state index in [0.717, 1.165) is 32.5 Å². The molecule has 0 aliphatic carbocycles. The largest absolute Gasteiger partial charge is 0.390 e. The van der Waals surface area contributed by atoms with Crippen LogP contribution in [-0.2, 0) is 9.84 Å². The molecule has 20 heavy (non-hydrogen) atoms. The third-order valence-corrected chi connectivity index (χ3v) is 6.03. The van der Waals surface area contributed by atoms with Gasteiger partial charge >= 0.3 is 0 Å². The van der Waals surface area contributed by atoms with Crippen molar-refractivity contribution in [1.82, 2.24) is 10.2 Å². The fraction of sp³-hybridized carbons (Fsp3) is 1.00. The maximum Gasteiger partial charge on any atom is 0.154 e. The van der Waals surface area contributed by atoms with Gasteiger partial charge in [0.15, 0.2) is 9.84 Å². The lowest BCUT2D eigenvalue weighted by Crippen LogP contribution is -2.49. The van der Waals surface area contributed by atoms with E-state index in [9.17, 15) is 13.5 Å². The van der Waals surface area contributed by atoms with E-state index in [2.05, 4.69) is 31.0 Å². The molecule has 2 unspecified atom stereocenters. The maximum atomic E-state index is 11.6. The van der Waals surface area contributed by atoms with E-state index in [-0.39, 0.29) is 23.1 Å². The van der Waals surface area contributed by atoms with Gasteiger partial charge in [0.25, 0.3) is 0 Å². The van der Waals surface area contributed by atoms with E-state index in [1.54, 1.807) is 0 Å². The van der Waals surface area contributed by atoms with Gasteiger partial charge in [0, 0.05) is 5.54 Å². The predicted octanol–water partition coefficient (Wildman–Crippen LogP) is 0.244. The summed E-state index contributed by atoms with van der Waals surface area (Å²) in [5, 5.41) is 13.5. The van der Waals surface area contributed by atoms with Crippen LogP contribution < -0.4 is 5.32 Å². The highest BCUT2D eigenvalue weighted by atomic mass is 32.2. The van der Waals surface area contributed by atoms with Gasteiger partial charge in [-0.05, 0) is 59.2 Å². The van der Waals surface area contributed by atoms with Gasteiger partial charge in [0.05, 0.1) is 23.7 Å². The van der Waals surface area contributed by atoms with Crippen LogP contribution >= 0.6 is 0 Å². The summed E-state index contributed by atoms with van der Waals surface area (Å²) >= 11 is 0. The second-order valence-corrected chi connectivity index (χ2v) is 9.48. The van der Waals surface area contributed by atoms with Crippen molar-refractivity contribution in [3.8, 4) is 0 Å². The van der Waals surface area contributed by atoms with Crippen LogP contribution in [0.25, 0.3) is 0 Å². The molecule has 2 fully saturated rings. The van der Waals surface area contributed by atoms with E-state index >= 15 is 0 Å². The Labute approximate surface area is 122 Å². The first-order valence-electron chi connectivity index (χ1n) is 7.54. The SMILES string of the molecule is CC(C)(C)NCC1CCN(C2CS(=O)(=O)CC2O)CC1. The van der Waals surface area contributed by atoms with Crippen LogP contribution in [-0.4, -0.2) is 67.2 Å². The van der Waals surface area contributed by atoms with Crippen molar-refractivity contribution < 1.29 is 13.5 Å². The number of aliphatic hydroxyl groups is 1. The molecule has 0 bridgehead atoms. The first-order chi connectivity index (χ1) is 9.16. The Bertz CT molecular complexity index is 422. The lowest BCUT2D eigenvalue weighted by molar-refractivity contribution is 0.0579. The summed E-state index contributed by atoms with van der Waals surface area (Å²) in [6.45, 7) is 9.32. The molecule has 0 radical (unpaired) electrons. The summed E-state index contributed by atoms with van der Waals surface area (Å²) in [5.74, 6) is 0.711. The highest BCUT2D eigenvalue weighted by Gasteiger charge is 2.40. The van der Waals surface area contributed by atoms with Gasteiger partial charge in [-0.3, -0.25) is 4.90 Å². The summed E-state index contributed by atoms with van der Waals surface area (Å²) in [7, 11) is -3.04. The van der Waals surface area contributed by atoms with Crippen molar-refractivity contribution in [2.75, 3.05) is 31.1 Å². The van der Waals surface area contributed by atoms with Crippen molar-refractivity contribution in [2.24, 2.45) is 5.92 Å². The van der Waals surface area contributed by atoms with Gasteiger partial charge in [-0.1, -0.05) is 0 Å². The smallest absolute Gasteiger partial charge is 0.154 e. The normalized spacial score (nSPS) is 32.6. The maximum absolute atomic E-state index is 11.6. The van der Waals surface area contributed by atoms with Gasteiger partial charge in [0.1, 0.15) is 0 Å². The zero-order chi connectivity index (χ0) is 15.0. The van der Waals surface area contributed by atoms with Crippen LogP contribution in [0.4, 0.5) is 0 Å². The topological polar surface area (TPSA) is 69.6 Å². The fourth-order valence-corrected chi connectivity index (χ4v) is 4.93. The average Bonchev–Trinajstić information content (AvgIpc) is 2.60. The second kappa shape index (κ2) is 5.91. The molecule has 0 spiro atoms. The molecule has 0 saturated carbocycles. The highest BCUT2D eigenvalue weighted by molar-refractivity contribution is 7.91. The van der Waals surface area contributed by atoms with Gasteiger partial charge in [-0.2, -0.15) is 0 Å². The van der Waals surface area contributed by atoms with Crippen LogP contribution in [0.15, 0.2) is 0 Å². The molecule has 6 heteroatoms. The van der Waals surface area contributed by atoms with Crippen molar-refractivity contribution in [2.45, 2.75) is 51.3 Å². The number of nitrogens with zero attached hydrogens (tertiary/aromatic N) is 1. The Morgan fingerprint density at radius 3 is 2.25 bits per heavy atom. The van der Waals surface area contributed by atoms with Gasteiger partial charge in [-0.25, -0.2) is 8.42 Å². The number of rotatable bonds is 3. The number of aliphatic hydroxyl groups excluding tert-OH is 1. The molecule has 0 amide bonds. The third-order valence-electron chi connectivity index (χ3n) is 4.33. The number of hydrogen-bond acceptors (Lipinski definition) is 5. The molecule has 2 aliphatic rings. The number of sulfone groups is 1. The molecule has 118 valence electrons. The molecule has 2 aliphatic heterocycles. The van der Waals surface area contributed by atoms with Crippen molar-refractivity contribution in [3.63, 3.8) is 0 Å². The van der Waals surface area contributed by atoms with Crippen molar-refractivity contribution in [3.05, 3.63) is 0 Å². The molecular weight excluding hydrogens is 276 g/mol. The van der Waals surface area contributed by atoms with Gasteiger partial charge < -0.3 is 10.4 Å². The lowest BCUT2D eigenvalue weighted by Gasteiger charge is -2.37. The first-order valence-corrected chi connectivity index (χ1v) is 9.36.